The zero-order chi connectivity index (χ0) is 15.7. The molecule has 3 rings (SSSR count). The molecule has 0 aromatic carbocycles. The van der Waals surface area contributed by atoms with Crippen LogP contribution in [0.2, 0.25) is 0 Å². The predicted octanol–water partition coefficient (Wildman–Crippen LogP) is 0.712. The first-order valence-electron chi connectivity index (χ1n) is 7.53. The van der Waals surface area contributed by atoms with E-state index in [1.807, 2.05) is 6.92 Å². The molecule has 0 saturated carbocycles. The molecule has 0 spiro atoms. The lowest BCUT2D eigenvalue weighted by atomic mass is 9.99. The molecule has 2 fully saturated rings. The van der Waals surface area contributed by atoms with Crippen LogP contribution in [-0.4, -0.2) is 56.7 Å². The van der Waals surface area contributed by atoms with Gasteiger partial charge in [-0.05, 0) is 18.0 Å². The van der Waals surface area contributed by atoms with E-state index in [1.54, 1.807) is 4.90 Å². The Morgan fingerprint density at radius 3 is 2.59 bits per heavy atom. The standard InChI is InChI=1S/C14H18N4O3S/c1-2-3-10-13(22-16-15-10)14(21)17-6-9(7-17)8-18-11(19)4-5-12(18)20/h9H,2-8H2,1H3. The van der Waals surface area contributed by atoms with Crippen molar-refractivity contribution >= 4 is 29.3 Å². The van der Waals surface area contributed by atoms with Crippen LogP contribution in [0.15, 0.2) is 0 Å². The minimum atomic E-state index is -0.0911. The Hall–Kier alpha value is -1.83. The molecule has 0 N–H and O–H groups in total. The van der Waals surface area contributed by atoms with Crippen molar-refractivity contribution in [1.82, 2.24) is 19.4 Å². The van der Waals surface area contributed by atoms with Crippen LogP contribution in [0.4, 0.5) is 0 Å². The highest BCUT2D eigenvalue weighted by Crippen LogP contribution is 2.24. The molecule has 2 aliphatic rings. The molecule has 0 radical (unpaired) electrons. The fraction of sp³-hybridized carbons (Fsp3) is 0.643. The second-order valence-corrected chi connectivity index (χ2v) is 6.53. The van der Waals surface area contributed by atoms with E-state index >= 15 is 0 Å². The number of aromatic nitrogens is 2. The summed E-state index contributed by atoms with van der Waals surface area (Å²) < 4.78 is 3.87. The summed E-state index contributed by atoms with van der Waals surface area (Å²) >= 11 is 1.14. The van der Waals surface area contributed by atoms with E-state index in [9.17, 15) is 14.4 Å². The average Bonchev–Trinajstić information content (AvgIpc) is 3.02. The molecule has 2 saturated heterocycles. The Bertz CT molecular complexity index is 593. The molecule has 0 atom stereocenters. The number of nitrogens with zero attached hydrogens (tertiary/aromatic N) is 4. The van der Waals surface area contributed by atoms with Crippen LogP contribution in [0.1, 0.15) is 41.6 Å². The number of imide groups is 1. The zero-order valence-corrected chi connectivity index (χ0v) is 13.3. The molecule has 1 aromatic rings. The summed E-state index contributed by atoms with van der Waals surface area (Å²) in [6.07, 6.45) is 2.32. The highest BCUT2D eigenvalue weighted by atomic mass is 32.1. The number of amides is 3. The highest BCUT2D eigenvalue weighted by molar-refractivity contribution is 7.08. The third-order valence-corrected chi connectivity index (χ3v) is 4.83. The smallest absolute Gasteiger partial charge is 0.267 e. The Kier molecular flexibility index (Phi) is 4.19. The Morgan fingerprint density at radius 2 is 1.95 bits per heavy atom. The van der Waals surface area contributed by atoms with E-state index in [0.29, 0.717) is 37.4 Å². The van der Waals surface area contributed by atoms with Crippen LogP contribution in [-0.2, 0) is 16.0 Å². The Balaban J connectivity index is 1.54. The molecule has 3 heterocycles. The average molecular weight is 322 g/mol. The van der Waals surface area contributed by atoms with E-state index < -0.39 is 0 Å². The second-order valence-electron chi connectivity index (χ2n) is 5.77. The van der Waals surface area contributed by atoms with Crippen LogP contribution in [0, 0.1) is 5.92 Å². The molecule has 2 aliphatic heterocycles. The van der Waals surface area contributed by atoms with Crippen molar-refractivity contribution in [3.05, 3.63) is 10.6 Å². The molecule has 0 aliphatic carbocycles. The lowest BCUT2D eigenvalue weighted by molar-refractivity contribution is -0.139. The third kappa shape index (κ3) is 2.75. The van der Waals surface area contributed by atoms with Crippen molar-refractivity contribution in [3.8, 4) is 0 Å². The van der Waals surface area contributed by atoms with Gasteiger partial charge in [0, 0.05) is 38.4 Å². The maximum Gasteiger partial charge on any atom is 0.267 e. The monoisotopic (exact) mass is 322 g/mol. The molecule has 3 amide bonds. The maximum absolute atomic E-state index is 12.4. The molecule has 7 nitrogen and oxygen atoms in total. The zero-order valence-electron chi connectivity index (χ0n) is 12.4. The number of hydrogen-bond acceptors (Lipinski definition) is 6. The van der Waals surface area contributed by atoms with Gasteiger partial charge in [0.25, 0.3) is 5.91 Å². The van der Waals surface area contributed by atoms with Gasteiger partial charge >= 0.3 is 0 Å². The SMILES string of the molecule is CCCc1nnsc1C(=O)N1CC(CN2C(=O)CCC2=O)C1. The first kappa shape index (κ1) is 15.1. The van der Waals surface area contributed by atoms with Crippen molar-refractivity contribution in [2.24, 2.45) is 5.92 Å². The lowest BCUT2D eigenvalue weighted by Gasteiger charge is -2.40. The van der Waals surface area contributed by atoms with Crippen molar-refractivity contribution in [3.63, 3.8) is 0 Å². The summed E-state index contributed by atoms with van der Waals surface area (Å²) in [5, 5.41) is 4.01. The normalized spacial score (nSPS) is 19.0. The molecule has 118 valence electrons. The fourth-order valence-electron chi connectivity index (χ4n) is 2.85. The van der Waals surface area contributed by atoms with Gasteiger partial charge in [0.05, 0.1) is 5.69 Å². The number of likely N-dealkylation sites (tertiary alicyclic amines) is 2. The van der Waals surface area contributed by atoms with Crippen molar-refractivity contribution < 1.29 is 14.4 Å². The second kappa shape index (κ2) is 6.12. The third-order valence-electron chi connectivity index (χ3n) is 4.08. The number of rotatable bonds is 5. The summed E-state index contributed by atoms with van der Waals surface area (Å²) in [6.45, 7) is 3.64. The molecular formula is C14H18N4O3S. The van der Waals surface area contributed by atoms with Crippen LogP contribution >= 0.6 is 11.5 Å². The predicted molar refractivity (Wildman–Crippen MR) is 79.3 cm³/mol. The minimum absolute atomic E-state index is 0.0335. The number of aryl methyl sites for hydroxylation is 1. The van der Waals surface area contributed by atoms with Gasteiger partial charge in [-0.15, -0.1) is 5.10 Å². The Morgan fingerprint density at radius 1 is 1.27 bits per heavy atom. The molecule has 0 unspecified atom stereocenters. The van der Waals surface area contributed by atoms with Crippen molar-refractivity contribution in [2.75, 3.05) is 19.6 Å². The van der Waals surface area contributed by atoms with Gasteiger partial charge in [0.15, 0.2) is 0 Å². The molecule has 22 heavy (non-hydrogen) atoms. The van der Waals surface area contributed by atoms with Gasteiger partial charge in [-0.3, -0.25) is 19.3 Å². The van der Waals surface area contributed by atoms with E-state index in [-0.39, 0.29) is 23.6 Å². The van der Waals surface area contributed by atoms with Gasteiger partial charge in [0.2, 0.25) is 11.8 Å². The topological polar surface area (TPSA) is 83.5 Å². The molecule has 1 aromatic heterocycles. The van der Waals surface area contributed by atoms with Crippen LogP contribution in [0.3, 0.4) is 0 Å². The van der Waals surface area contributed by atoms with Gasteiger partial charge in [0.1, 0.15) is 4.88 Å². The van der Waals surface area contributed by atoms with Crippen LogP contribution in [0.5, 0.6) is 0 Å². The lowest BCUT2D eigenvalue weighted by Crippen LogP contribution is -2.54. The molecular weight excluding hydrogens is 304 g/mol. The first-order valence-corrected chi connectivity index (χ1v) is 8.31. The van der Waals surface area contributed by atoms with Crippen molar-refractivity contribution in [1.29, 1.82) is 0 Å². The first-order chi connectivity index (χ1) is 10.6. The van der Waals surface area contributed by atoms with E-state index in [0.717, 1.165) is 30.1 Å². The minimum Gasteiger partial charge on any atom is -0.337 e. The summed E-state index contributed by atoms with van der Waals surface area (Å²) in [5.74, 6) is -0.0300. The van der Waals surface area contributed by atoms with Crippen molar-refractivity contribution in [2.45, 2.75) is 32.6 Å². The van der Waals surface area contributed by atoms with Gasteiger partial charge in [-0.1, -0.05) is 17.8 Å². The summed E-state index contributed by atoms with van der Waals surface area (Å²) in [6, 6.07) is 0. The van der Waals surface area contributed by atoms with Crippen LogP contribution in [0.25, 0.3) is 0 Å². The fourth-order valence-corrected chi connectivity index (χ4v) is 3.53. The highest BCUT2D eigenvalue weighted by Gasteiger charge is 2.38. The van der Waals surface area contributed by atoms with Gasteiger partial charge in [-0.2, -0.15) is 0 Å². The Labute approximate surface area is 132 Å². The van der Waals surface area contributed by atoms with Gasteiger partial charge < -0.3 is 4.90 Å². The van der Waals surface area contributed by atoms with E-state index in [1.165, 1.54) is 4.90 Å². The maximum atomic E-state index is 12.4. The number of hydrogen-bond donors (Lipinski definition) is 0. The molecule has 8 heteroatoms. The van der Waals surface area contributed by atoms with Gasteiger partial charge in [-0.25, -0.2) is 0 Å². The van der Waals surface area contributed by atoms with Crippen LogP contribution < -0.4 is 0 Å². The van der Waals surface area contributed by atoms with E-state index in [2.05, 4.69) is 9.59 Å². The molecule has 0 bridgehead atoms. The number of carbonyl (C=O) groups excluding carboxylic acids is 3. The van der Waals surface area contributed by atoms with E-state index in [4.69, 9.17) is 0 Å². The largest absolute Gasteiger partial charge is 0.337 e. The quantitative estimate of drug-likeness (QED) is 0.746. The number of carbonyl (C=O) groups is 3. The summed E-state index contributed by atoms with van der Waals surface area (Å²) in [7, 11) is 0. The summed E-state index contributed by atoms with van der Waals surface area (Å²) in [4.78, 5) is 39.3. The summed E-state index contributed by atoms with van der Waals surface area (Å²) in [5.41, 5.74) is 0.769.